The maximum Gasteiger partial charge on any atom is 0.302 e. The summed E-state index contributed by atoms with van der Waals surface area (Å²) in [7, 11) is 0. The van der Waals surface area contributed by atoms with Gasteiger partial charge in [0.15, 0.2) is 0 Å². The van der Waals surface area contributed by atoms with Crippen LogP contribution in [0.5, 0.6) is 0 Å². The Morgan fingerprint density at radius 1 is 1.38 bits per heavy atom. The van der Waals surface area contributed by atoms with Crippen LogP contribution in [0.3, 0.4) is 0 Å². The van der Waals surface area contributed by atoms with Crippen molar-refractivity contribution in [1.29, 1.82) is 0 Å². The number of anilines is 1. The van der Waals surface area contributed by atoms with Crippen molar-refractivity contribution in [1.82, 2.24) is 5.43 Å². The molecule has 1 aliphatic rings. The van der Waals surface area contributed by atoms with Crippen LogP contribution in [0.1, 0.15) is 32.8 Å². The fraction of sp³-hybridized carbons (Fsp3) is 0.412. The predicted octanol–water partition coefficient (Wildman–Crippen LogP) is 1.68. The number of ether oxygens (including phenoxy) is 1. The maximum atomic E-state index is 12.0. The number of carbonyl (C=O) groups excluding carboxylic acids is 3. The molecular weight excluding hydrogens is 310 g/mol. The van der Waals surface area contributed by atoms with Crippen molar-refractivity contribution < 1.29 is 19.1 Å². The summed E-state index contributed by atoms with van der Waals surface area (Å²) in [6, 6.07) is 7.24. The standard InChI is InChI=1S/C17H21N3O4/c1-10-8-15(22)19-20-16(10)13-4-6-14(7-5-13)18-17(23)11(2)9-24-12(3)21/h4-7,10-11H,8-9H2,1-3H3,(H,18,23)(H,19,22). The summed E-state index contributed by atoms with van der Waals surface area (Å²) in [6.07, 6.45) is 0.408. The number of benzene rings is 1. The van der Waals surface area contributed by atoms with Gasteiger partial charge in [0.25, 0.3) is 0 Å². The fourth-order valence-electron chi connectivity index (χ4n) is 2.31. The molecule has 7 nitrogen and oxygen atoms in total. The van der Waals surface area contributed by atoms with Crippen LogP contribution in [0.2, 0.25) is 0 Å². The molecule has 2 rings (SSSR count). The molecule has 2 N–H and O–H groups in total. The average molecular weight is 331 g/mol. The normalized spacial score (nSPS) is 18.2. The third kappa shape index (κ3) is 4.65. The first kappa shape index (κ1) is 17.7. The van der Waals surface area contributed by atoms with Crippen LogP contribution in [0.25, 0.3) is 0 Å². The molecule has 0 bridgehead atoms. The van der Waals surface area contributed by atoms with Gasteiger partial charge in [0.2, 0.25) is 11.8 Å². The zero-order valence-electron chi connectivity index (χ0n) is 14.0. The first-order valence-electron chi connectivity index (χ1n) is 7.78. The lowest BCUT2D eigenvalue weighted by atomic mass is 9.94. The molecule has 0 radical (unpaired) electrons. The van der Waals surface area contributed by atoms with Gasteiger partial charge in [0.05, 0.1) is 11.6 Å². The minimum absolute atomic E-state index is 0.0444. The molecule has 0 aliphatic carbocycles. The Morgan fingerprint density at radius 3 is 2.62 bits per heavy atom. The molecule has 0 spiro atoms. The quantitative estimate of drug-likeness (QED) is 0.802. The van der Waals surface area contributed by atoms with E-state index in [1.807, 2.05) is 19.1 Å². The summed E-state index contributed by atoms with van der Waals surface area (Å²) in [4.78, 5) is 34.1. The zero-order chi connectivity index (χ0) is 17.7. The molecular formula is C17H21N3O4. The number of hydrazone groups is 1. The van der Waals surface area contributed by atoms with Crippen LogP contribution in [0.4, 0.5) is 5.69 Å². The van der Waals surface area contributed by atoms with Gasteiger partial charge in [-0.3, -0.25) is 14.4 Å². The Kier molecular flexibility index (Phi) is 5.68. The molecule has 1 aliphatic heterocycles. The van der Waals surface area contributed by atoms with E-state index in [4.69, 9.17) is 4.74 Å². The molecule has 7 heteroatoms. The van der Waals surface area contributed by atoms with E-state index in [1.165, 1.54) is 6.92 Å². The summed E-state index contributed by atoms with van der Waals surface area (Å²) in [6.45, 7) is 4.99. The Hall–Kier alpha value is -2.70. The van der Waals surface area contributed by atoms with Crippen molar-refractivity contribution in [3.8, 4) is 0 Å². The minimum Gasteiger partial charge on any atom is -0.465 e. The highest BCUT2D eigenvalue weighted by atomic mass is 16.5. The van der Waals surface area contributed by atoms with E-state index in [2.05, 4.69) is 15.8 Å². The fourth-order valence-corrected chi connectivity index (χ4v) is 2.31. The van der Waals surface area contributed by atoms with Crippen molar-refractivity contribution in [3.05, 3.63) is 29.8 Å². The lowest BCUT2D eigenvalue weighted by molar-refractivity contribution is -0.143. The van der Waals surface area contributed by atoms with E-state index in [-0.39, 0.29) is 24.3 Å². The van der Waals surface area contributed by atoms with Gasteiger partial charge in [-0.15, -0.1) is 0 Å². The van der Waals surface area contributed by atoms with Gasteiger partial charge in [-0.25, -0.2) is 5.43 Å². The molecule has 24 heavy (non-hydrogen) atoms. The van der Waals surface area contributed by atoms with Crippen molar-refractivity contribution in [2.75, 3.05) is 11.9 Å². The summed E-state index contributed by atoms with van der Waals surface area (Å²) in [5, 5.41) is 6.88. The van der Waals surface area contributed by atoms with Gasteiger partial charge in [-0.1, -0.05) is 26.0 Å². The van der Waals surface area contributed by atoms with E-state index < -0.39 is 11.9 Å². The molecule has 0 aromatic heterocycles. The van der Waals surface area contributed by atoms with Gasteiger partial charge in [0.1, 0.15) is 6.61 Å². The Labute approximate surface area is 140 Å². The highest BCUT2D eigenvalue weighted by molar-refractivity contribution is 6.06. The SMILES string of the molecule is CC(=O)OCC(C)C(=O)Nc1ccc(C2=NNC(=O)CC2C)cc1. The van der Waals surface area contributed by atoms with Crippen molar-refractivity contribution in [2.45, 2.75) is 27.2 Å². The summed E-state index contributed by atoms with van der Waals surface area (Å²) in [5.41, 5.74) is 4.84. The lowest BCUT2D eigenvalue weighted by Gasteiger charge is -2.19. The lowest BCUT2D eigenvalue weighted by Crippen LogP contribution is -2.31. The molecule has 2 unspecified atom stereocenters. The highest BCUT2D eigenvalue weighted by Crippen LogP contribution is 2.18. The largest absolute Gasteiger partial charge is 0.465 e. The second kappa shape index (κ2) is 7.72. The smallest absolute Gasteiger partial charge is 0.302 e. The number of nitrogens with one attached hydrogen (secondary N) is 2. The topological polar surface area (TPSA) is 96.9 Å². The molecule has 2 amide bonds. The summed E-state index contributed by atoms with van der Waals surface area (Å²) < 4.78 is 4.83. The number of rotatable bonds is 5. The van der Waals surface area contributed by atoms with Crippen LogP contribution in [-0.2, 0) is 19.1 Å². The first-order valence-corrected chi connectivity index (χ1v) is 7.78. The van der Waals surface area contributed by atoms with Crippen LogP contribution < -0.4 is 10.7 Å². The highest BCUT2D eigenvalue weighted by Gasteiger charge is 2.21. The molecule has 0 saturated carbocycles. The van der Waals surface area contributed by atoms with Gasteiger partial charge in [-0.05, 0) is 17.7 Å². The molecule has 1 aromatic rings. The molecule has 2 atom stereocenters. The van der Waals surface area contributed by atoms with Crippen molar-refractivity contribution >= 4 is 29.2 Å². The van der Waals surface area contributed by atoms with Crippen LogP contribution in [0, 0.1) is 11.8 Å². The molecule has 1 heterocycles. The number of hydrogen-bond donors (Lipinski definition) is 2. The van der Waals surface area contributed by atoms with Gasteiger partial charge >= 0.3 is 5.97 Å². The van der Waals surface area contributed by atoms with Gasteiger partial charge in [0, 0.05) is 24.9 Å². The van der Waals surface area contributed by atoms with Gasteiger partial charge < -0.3 is 10.1 Å². The van der Waals surface area contributed by atoms with E-state index >= 15 is 0 Å². The zero-order valence-corrected chi connectivity index (χ0v) is 14.0. The van der Waals surface area contributed by atoms with Crippen molar-refractivity contribution in [3.63, 3.8) is 0 Å². The number of amides is 2. The Morgan fingerprint density at radius 2 is 2.04 bits per heavy atom. The summed E-state index contributed by atoms with van der Waals surface area (Å²) in [5.74, 6) is -1.11. The average Bonchev–Trinajstić information content (AvgIpc) is 2.53. The Bertz CT molecular complexity index is 667. The number of hydrogen-bond acceptors (Lipinski definition) is 5. The number of carbonyl (C=O) groups is 3. The molecule has 128 valence electrons. The van der Waals surface area contributed by atoms with E-state index in [1.54, 1.807) is 19.1 Å². The van der Waals surface area contributed by atoms with Crippen LogP contribution >= 0.6 is 0 Å². The van der Waals surface area contributed by atoms with E-state index in [0.29, 0.717) is 12.1 Å². The monoisotopic (exact) mass is 331 g/mol. The van der Waals surface area contributed by atoms with E-state index in [0.717, 1.165) is 11.3 Å². The number of nitrogens with zero attached hydrogens (tertiary/aromatic N) is 1. The van der Waals surface area contributed by atoms with Crippen LogP contribution in [-0.4, -0.2) is 30.1 Å². The minimum atomic E-state index is -0.438. The first-order chi connectivity index (χ1) is 11.4. The third-order valence-electron chi connectivity index (χ3n) is 3.69. The molecule has 1 aromatic carbocycles. The molecule has 0 saturated heterocycles. The maximum absolute atomic E-state index is 12.0. The second-order valence-corrected chi connectivity index (χ2v) is 5.91. The van der Waals surface area contributed by atoms with Crippen LogP contribution in [0.15, 0.2) is 29.4 Å². The predicted molar refractivity (Wildman–Crippen MR) is 89.3 cm³/mol. The second-order valence-electron chi connectivity index (χ2n) is 5.91. The number of esters is 1. The third-order valence-corrected chi connectivity index (χ3v) is 3.69. The van der Waals surface area contributed by atoms with E-state index in [9.17, 15) is 14.4 Å². The van der Waals surface area contributed by atoms with Gasteiger partial charge in [-0.2, -0.15) is 5.10 Å². The molecule has 0 fully saturated rings. The summed E-state index contributed by atoms with van der Waals surface area (Å²) >= 11 is 0. The Balaban J connectivity index is 1.98. The van der Waals surface area contributed by atoms with Crippen molar-refractivity contribution in [2.24, 2.45) is 16.9 Å².